The number of hydrogen-bond acceptors (Lipinski definition) is 5. The van der Waals surface area contributed by atoms with Crippen molar-refractivity contribution in [2.45, 2.75) is 26.9 Å². The van der Waals surface area contributed by atoms with Crippen molar-refractivity contribution >= 4 is 29.2 Å². The first kappa shape index (κ1) is 20.9. The van der Waals surface area contributed by atoms with Crippen molar-refractivity contribution in [3.63, 3.8) is 0 Å². The number of hydrogen-bond donors (Lipinski definition) is 1. The molecule has 0 atom stereocenters. The molecule has 1 aromatic carbocycles. The number of likely N-dealkylation sites (N-methyl/N-ethyl adjacent to an activating group) is 1. The first-order valence-corrected chi connectivity index (χ1v) is 10.1. The molecule has 0 fully saturated rings. The van der Waals surface area contributed by atoms with Crippen LogP contribution in [0.2, 0.25) is 5.02 Å². The number of fused-ring (bicyclic) bond motifs is 3. The van der Waals surface area contributed by atoms with Crippen LogP contribution in [-0.4, -0.2) is 61.7 Å². The normalized spacial score (nSPS) is 12.8. The Bertz CT molecular complexity index is 1190. The van der Waals surface area contributed by atoms with Gasteiger partial charge >= 0.3 is 6.09 Å². The zero-order chi connectivity index (χ0) is 22.3. The van der Waals surface area contributed by atoms with Gasteiger partial charge in [0.25, 0.3) is 5.91 Å². The lowest BCUT2D eigenvalue weighted by Gasteiger charge is -2.19. The quantitative estimate of drug-likeness (QED) is 0.650. The Labute approximate surface area is 183 Å². The van der Waals surface area contributed by atoms with Gasteiger partial charge in [-0.3, -0.25) is 4.79 Å². The second-order valence-electron chi connectivity index (χ2n) is 7.47. The molecular weight excluding hydrogens is 422 g/mol. The average Bonchev–Trinajstić information content (AvgIpc) is 3.31. The molecule has 31 heavy (non-hydrogen) atoms. The van der Waals surface area contributed by atoms with E-state index in [1.165, 1.54) is 7.05 Å². The maximum atomic E-state index is 13.2. The molecule has 0 spiro atoms. The fraction of sp³-hybridized carbons (Fsp3) is 0.333. The van der Waals surface area contributed by atoms with Crippen LogP contribution in [0, 0.1) is 13.8 Å². The summed E-state index contributed by atoms with van der Waals surface area (Å²) in [6.45, 7) is 4.83. The summed E-state index contributed by atoms with van der Waals surface area (Å²) in [5.41, 5.74) is 4.40. The fourth-order valence-corrected chi connectivity index (χ4v) is 3.71. The number of rotatable bonds is 5. The highest BCUT2D eigenvalue weighted by atomic mass is 35.5. The molecule has 0 unspecified atom stereocenters. The monoisotopic (exact) mass is 443 g/mol. The van der Waals surface area contributed by atoms with Gasteiger partial charge in [0.05, 0.1) is 47.3 Å². The first-order chi connectivity index (χ1) is 14.8. The minimum Gasteiger partial charge on any atom is -0.491 e. The number of carbonyl (C=O) groups excluding carboxylic acids is 1. The van der Waals surface area contributed by atoms with Crippen LogP contribution in [0.15, 0.2) is 24.3 Å². The third kappa shape index (κ3) is 3.76. The van der Waals surface area contributed by atoms with E-state index in [2.05, 4.69) is 10.1 Å². The highest BCUT2D eigenvalue weighted by Gasteiger charge is 2.31. The van der Waals surface area contributed by atoms with Crippen molar-refractivity contribution in [2.24, 2.45) is 0 Å². The number of aromatic nitrogens is 3. The predicted molar refractivity (Wildman–Crippen MR) is 114 cm³/mol. The van der Waals surface area contributed by atoms with Gasteiger partial charge < -0.3 is 19.6 Å². The number of para-hydroxylation sites is 1. The zero-order valence-electron chi connectivity index (χ0n) is 17.4. The van der Waals surface area contributed by atoms with E-state index in [0.29, 0.717) is 35.1 Å². The molecule has 2 amide bonds. The van der Waals surface area contributed by atoms with Crippen molar-refractivity contribution in [1.29, 1.82) is 0 Å². The number of carboxylic acid groups (broad SMARTS) is 1. The van der Waals surface area contributed by atoms with E-state index in [1.807, 2.05) is 13.8 Å². The van der Waals surface area contributed by atoms with E-state index in [9.17, 15) is 9.59 Å². The van der Waals surface area contributed by atoms with Gasteiger partial charge in [-0.15, -0.1) is 0 Å². The van der Waals surface area contributed by atoms with Gasteiger partial charge in [0.2, 0.25) is 0 Å². The molecule has 162 valence electrons. The van der Waals surface area contributed by atoms with Gasteiger partial charge in [-0.05, 0) is 26.0 Å². The Balaban J connectivity index is 1.53. The lowest BCUT2D eigenvalue weighted by Crippen LogP contribution is -2.30. The van der Waals surface area contributed by atoms with Gasteiger partial charge in [0.1, 0.15) is 12.4 Å². The molecule has 0 radical (unpaired) electrons. The van der Waals surface area contributed by atoms with Crippen LogP contribution in [0.1, 0.15) is 33.0 Å². The molecule has 1 aliphatic heterocycles. The lowest BCUT2D eigenvalue weighted by molar-refractivity contribution is 0.0744. The minimum atomic E-state index is -1.03. The fourth-order valence-electron chi connectivity index (χ4n) is 3.58. The largest absolute Gasteiger partial charge is 0.491 e. The molecule has 1 aliphatic rings. The van der Waals surface area contributed by atoms with Crippen LogP contribution in [0.25, 0.3) is 5.65 Å². The van der Waals surface area contributed by atoms with E-state index < -0.39 is 6.09 Å². The Morgan fingerprint density at radius 1 is 1.26 bits per heavy atom. The summed E-state index contributed by atoms with van der Waals surface area (Å²) in [6.07, 6.45) is -1.03. The summed E-state index contributed by atoms with van der Waals surface area (Å²) in [5.74, 6) is 0.238. The standard InChI is InChI=1S/C21H22ClN5O4/c1-12-18(22)13(2)27-19(23-12)15-10-26(11-16(15)24-27)20(28)14-6-4-5-7-17(14)31-9-8-25(3)21(29)30/h4-7H,8-11H2,1-3H3,(H,29,30). The predicted octanol–water partition coefficient (Wildman–Crippen LogP) is 3.14. The third-order valence-corrected chi connectivity index (χ3v) is 5.92. The molecule has 3 heterocycles. The van der Waals surface area contributed by atoms with Crippen LogP contribution < -0.4 is 4.74 Å². The molecule has 0 saturated heterocycles. The Morgan fingerprint density at radius 2 is 2.00 bits per heavy atom. The summed E-state index contributed by atoms with van der Waals surface area (Å²) in [6, 6.07) is 6.95. The second kappa shape index (κ2) is 8.07. The van der Waals surface area contributed by atoms with Crippen molar-refractivity contribution in [3.8, 4) is 5.75 Å². The van der Waals surface area contributed by atoms with Crippen LogP contribution in [0.3, 0.4) is 0 Å². The van der Waals surface area contributed by atoms with Crippen LogP contribution in [-0.2, 0) is 13.1 Å². The smallest absolute Gasteiger partial charge is 0.407 e. The number of halogens is 1. The van der Waals surface area contributed by atoms with Gasteiger partial charge in [-0.1, -0.05) is 23.7 Å². The molecule has 4 rings (SSSR count). The number of carbonyl (C=O) groups is 2. The number of aryl methyl sites for hydroxylation is 2. The molecule has 3 aromatic rings. The van der Waals surface area contributed by atoms with Gasteiger partial charge in [-0.25, -0.2) is 14.3 Å². The third-order valence-electron chi connectivity index (χ3n) is 5.37. The highest BCUT2D eigenvalue weighted by molar-refractivity contribution is 6.31. The minimum absolute atomic E-state index is 0.143. The van der Waals surface area contributed by atoms with E-state index in [0.717, 1.165) is 27.5 Å². The van der Waals surface area contributed by atoms with Crippen molar-refractivity contribution < 1.29 is 19.4 Å². The van der Waals surface area contributed by atoms with Crippen molar-refractivity contribution in [3.05, 3.63) is 57.5 Å². The molecule has 10 heteroatoms. The molecule has 0 aliphatic carbocycles. The van der Waals surface area contributed by atoms with E-state index in [1.54, 1.807) is 33.7 Å². The molecule has 0 bridgehead atoms. The zero-order valence-corrected chi connectivity index (χ0v) is 18.2. The van der Waals surface area contributed by atoms with Gasteiger partial charge in [0, 0.05) is 12.6 Å². The lowest BCUT2D eigenvalue weighted by atomic mass is 10.1. The number of benzene rings is 1. The number of nitrogens with zero attached hydrogens (tertiary/aromatic N) is 5. The van der Waals surface area contributed by atoms with Crippen LogP contribution in [0.4, 0.5) is 4.79 Å². The number of ether oxygens (including phenoxy) is 1. The molecule has 1 N–H and O–H groups in total. The summed E-state index contributed by atoms with van der Waals surface area (Å²) in [7, 11) is 1.46. The van der Waals surface area contributed by atoms with Crippen LogP contribution in [0.5, 0.6) is 5.75 Å². The average molecular weight is 444 g/mol. The molecular formula is C21H22ClN5O4. The Morgan fingerprint density at radius 3 is 2.74 bits per heavy atom. The Hall–Kier alpha value is -3.33. The molecule has 9 nitrogen and oxygen atoms in total. The summed E-state index contributed by atoms with van der Waals surface area (Å²) < 4.78 is 7.45. The summed E-state index contributed by atoms with van der Waals surface area (Å²) in [5, 5.41) is 14.1. The summed E-state index contributed by atoms with van der Waals surface area (Å²) >= 11 is 6.30. The molecule has 0 saturated carbocycles. The van der Waals surface area contributed by atoms with E-state index >= 15 is 0 Å². The van der Waals surface area contributed by atoms with Gasteiger partial charge in [0.15, 0.2) is 5.65 Å². The number of amides is 2. The maximum Gasteiger partial charge on any atom is 0.407 e. The van der Waals surface area contributed by atoms with Crippen molar-refractivity contribution in [1.82, 2.24) is 24.4 Å². The summed E-state index contributed by atoms with van der Waals surface area (Å²) in [4.78, 5) is 31.5. The highest BCUT2D eigenvalue weighted by Crippen LogP contribution is 2.31. The topological polar surface area (TPSA) is 100 Å². The van der Waals surface area contributed by atoms with Crippen molar-refractivity contribution in [2.75, 3.05) is 20.2 Å². The van der Waals surface area contributed by atoms with Gasteiger partial charge in [-0.2, -0.15) is 5.10 Å². The SMILES string of the molecule is Cc1nc2c3c(nn2c(C)c1Cl)CN(C(=O)c1ccccc1OCCN(C)C(=O)O)C3. The molecule has 2 aromatic heterocycles. The maximum absolute atomic E-state index is 13.2. The van der Waals surface area contributed by atoms with E-state index in [-0.39, 0.29) is 19.1 Å². The second-order valence-corrected chi connectivity index (χ2v) is 7.85. The Kier molecular flexibility index (Phi) is 5.45. The van der Waals surface area contributed by atoms with Crippen LogP contribution >= 0.6 is 11.6 Å². The van der Waals surface area contributed by atoms with E-state index in [4.69, 9.17) is 21.4 Å². The first-order valence-electron chi connectivity index (χ1n) is 9.76.